The smallest absolute Gasteiger partial charge is 0.169 e. The molecule has 2 bridgehead atoms. The van der Waals surface area contributed by atoms with E-state index in [1.165, 1.54) is 6.07 Å². The van der Waals surface area contributed by atoms with Crippen LogP contribution in [0.3, 0.4) is 0 Å². The molecule has 67 heavy (non-hydrogen) atoms. The van der Waals surface area contributed by atoms with E-state index in [1.54, 1.807) is 12.1 Å². The van der Waals surface area contributed by atoms with Gasteiger partial charge in [-0.2, -0.15) is 79.0 Å². The zero-order chi connectivity index (χ0) is 49.5. The van der Waals surface area contributed by atoms with Crippen LogP contribution in [0.4, 0.5) is 79.0 Å². The van der Waals surface area contributed by atoms with Crippen molar-refractivity contribution in [2.75, 3.05) is 0 Å². The molecule has 0 saturated heterocycles. The van der Waals surface area contributed by atoms with E-state index in [0.29, 0.717) is 42.4 Å². The van der Waals surface area contributed by atoms with E-state index in [-0.39, 0.29) is 46.9 Å². The SMILES string of the molecule is CCC1=C2c3c(cc(C4C(C5CCCCC5)=Cc5c(-c6ccc(C(C(F)(F)F)(C(F)(F)F)C(F)(F)F)cc6)cccc54)c(c3-c3ccc(C(C(F)(F)F)(C(F)(F)F)C(F)(F)F)cc3)[Si]2(C)C)C1. The van der Waals surface area contributed by atoms with Gasteiger partial charge in [-0.05, 0) is 103 Å². The number of halogens is 18. The fourth-order valence-electron chi connectivity index (χ4n) is 11.6. The van der Waals surface area contributed by atoms with Crippen LogP contribution in [-0.4, -0.2) is 45.1 Å². The fourth-order valence-corrected chi connectivity index (χ4v) is 15.7. The second kappa shape index (κ2) is 15.4. The molecule has 19 heteroatoms. The molecule has 1 unspecified atom stereocenters. The Bertz CT molecular complexity index is 2590. The minimum atomic E-state index is -6.83. The van der Waals surface area contributed by atoms with Crippen molar-refractivity contribution in [3.63, 3.8) is 0 Å². The van der Waals surface area contributed by atoms with Crippen LogP contribution in [0.5, 0.6) is 0 Å². The van der Waals surface area contributed by atoms with Gasteiger partial charge in [0.25, 0.3) is 10.8 Å². The van der Waals surface area contributed by atoms with Gasteiger partial charge in [0.2, 0.25) is 0 Å². The maximum absolute atomic E-state index is 14.2. The highest BCUT2D eigenvalue weighted by atomic mass is 28.3. The van der Waals surface area contributed by atoms with E-state index in [4.69, 9.17) is 0 Å². The lowest BCUT2D eigenvalue weighted by Crippen LogP contribution is -2.63. The largest absolute Gasteiger partial charge is 0.416 e. The number of allylic oxidation sites excluding steroid dienone is 2. The lowest BCUT2D eigenvalue weighted by Gasteiger charge is -2.39. The predicted octanol–water partition coefficient (Wildman–Crippen LogP) is 16.2. The Kier molecular flexibility index (Phi) is 11.2. The van der Waals surface area contributed by atoms with Crippen LogP contribution in [0.15, 0.2) is 83.9 Å². The molecular weight excluding hydrogens is 947 g/mol. The summed E-state index contributed by atoms with van der Waals surface area (Å²) >= 11 is 0. The van der Waals surface area contributed by atoms with Gasteiger partial charge in [0.15, 0.2) is 0 Å². The summed E-state index contributed by atoms with van der Waals surface area (Å²) in [7, 11) is -2.92. The summed E-state index contributed by atoms with van der Waals surface area (Å²) in [5, 5.41) is 1.73. The average Bonchev–Trinajstić information content (AvgIpc) is 3.82. The number of alkyl halides is 18. The van der Waals surface area contributed by atoms with Crippen LogP contribution in [0.2, 0.25) is 13.1 Å². The Balaban J connectivity index is 1.34. The number of hydrogen-bond donors (Lipinski definition) is 0. The van der Waals surface area contributed by atoms with Crippen molar-refractivity contribution in [2.45, 2.75) is 119 Å². The Hall–Kier alpha value is -4.68. The third-order valence-electron chi connectivity index (χ3n) is 14.4. The highest BCUT2D eigenvalue weighted by Crippen LogP contribution is 2.63. The first-order chi connectivity index (χ1) is 30.8. The van der Waals surface area contributed by atoms with Gasteiger partial charge in [-0.25, -0.2) is 0 Å². The number of benzene rings is 4. The molecule has 0 nitrogen and oxygen atoms in total. The van der Waals surface area contributed by atoms with Crippen LogP contribution in [0, 0.1) is 5.92 Å². The molecule has 0 N–H and O–H groups in total. The molecule has 4 aromatic rings. The first kappa shape index (κ1) is 48.8. The highest BCUT2D eigenvalue weighted by Gasteiger charge is 2.85. The third kappa shape index (κ3) is 6.86. The maximum atomic E-state index is 14.2. The fraction of sp³-hybridized carbons (Fsp3) is 0.417. The van der Waals surface area contributed by atoms with Crippen molar-refractivity contribution in [3.05, 3.63) is 123 Å². The minimum Gasteiger partial charge on any atom is -0.169 e. The normalized spacial score (nSPS) is 19.4. The van der Waals surface area contributed by atoms with Crippen molar-refractivity contribution < 1.29 is 79.0 Å². The zero-order valence-corrected chi connectivity index (χ0v) is 36.4. The van der Waals surface area contributed by atoms with E-state index in [9.17, 15) is 79.0 Å². The van der Waals surface area contributed by atoms with E-state index in [2.05, 4.69) is 0 Å². The van der Waals surface area contributed by atoms with Gasteiger partial charge >= 0.3 is 37.1 Å². The van der Waals surface area contributed by atoms with Crippen molar-refractivity contribution in [3.8, 4) is 22.3 Å². The zero-order valence-electron chi connectivity index (χ0n) is 35.4. The molecule has 0 aromatic heterocycles. The molecule has 8 rings (SSSR count). The first-order valence-electron chi connectivity index (χ1n) is 21.2. The Morgan fingerprint density at radius 1 is 0.537 bits per heavy atom. The van der Waals surface area contributed by atoms with Gasteiger partial charge in [-0.3, -0.25) is 0 Å². The standard InChI is InChI=1S/C48H38F18Si/c1-4-24-21-28-22-35(40-36(37(28)39(24)67(40,2)3)27-15-19-30(20-16-27)42(46(58,59)60,47(61,62)63)48(64,65)66)38-32-12-8-11-31(34(32)23-33(38)25-9-6-5-7-10-25)26-13-17-29(18-14-26)41(43(49,50)51,44(52,53)54)45(55,56)57/h8,11-20,22-23,25,38H,4-7,9-10,21H2,1-3H3. The van der Waals surface area contributed by atoms with Crippen molar-refractivity contribution in [1.82, 2.24) is 0 Å². The van der Waals surface area contributed by atoms with Gasteiger partial charge in [0.1, 0.15) is 8.07 Å². The van der Waals surface area contributed by atoms with Crippen LogP contribution in [-0.2, 0) is 17.3 Å². The lowest BCUT2D eigenvalue weighted by atomic mass is 9.75. The molecule has 360 valence electrons. The Morgan fingerprint density at radius 2 is 1.00 bits per heavy atom. The maximum Gasteiger partial charge on any atom is 0.416 e. The molecule has 4 aromatic carbocycles. The third-order valence-corrected chi connectivity index (χ3v) is 18.0. The Labute approximate surface area is 372 Å². The van der Waals surface area contributed by atoms with Gasteiger partial charge in [0, 0.05) is 5.92 Å². The highest BCUT2D eigenvalue weighted by molar-refractivity contribution is 7.07. The van der Waals surface area contributed by atoms with Crippen molar-refractivity contribution in [1.29, 1.82) is 0 Å². The molecule has 1 aliphatic heterocycles. The van der Waals surface area contributed by atoms with E-state index < -0.39 is 73.0 Å². The molecule has 0 spiro atoms. The van der Waals surface area contributed by atoms with E-state index in [0.717, 1.165) is 81.7 Å². The number of rotatable bonds is 7. The summed E-state index contributed by atoms with van der Waals surface area (Å²) in [6.45, 7) is 5.98. The molecule has 1 heterocycles. The number of fused-ring (bicyclic) bond motifs is 2. The molecule has 4 aliphatic rings. The predicted molar refractivity (Wildman–Crippen MR) is 218 cm³/mol. The second-order valence-corrected chi connectivity index (χ2v) is 22.5. The molecule has 0 amide bonds. The molecule has 1 fully saturated rings. The second-order valence-electron chi connectivity index (χ2n) is 18.2. The molecule has 3 aliphatic carbocycles. The minimum absolute atomic E-state index is 0.00329. The summed E-state index contributed by atoms with van der Waals surface area (Å²) in [5.41, 5.74) is -10.4. The molecule has 1 saturated carbocycles. The number of hydrogen-bond acceptors (Lipinski definition) is 0. The monoisotopic (exact) mass is 984 g/mol. The molecule has 0 radical (unpaired) electrons. The quantitative estimate of drug-likeness (QED) is 0.128. The van der Waals surface area contributed by atoms with E-state index >= 15 is 0 Å². The topological polar surface area (TPSA) is 0 Å². The summed E-state index contributed by atoms with van der Waals surface area (Å²) in [6, 6.07) is 10.8. The summed E-state index contributed by atoms with van der Waals surface area (Å²) in [6.07, 6.45) is -34.1. The van der Waals surface area contributed by atoms with Crippen molar-refractivity contribution >= 4 is 24.5 Å². The van der Waals surface area contributed by atoms with Crippen LogP contribution in [0.1, 0.15) is 90.3 Å². The first-order valence-corrected chi connectivity index (χ1v) is 24.2. The van der Waals surface area contributed by atoms with Gasteiger partial charge in [-0.1, -0.05) is 129 Å². The lowest BCUT2D eigenvalue weighted by molar-refractivity contribution is -0.389. The van der Waals surface area contributed by atoms with Gasteiger partial charge < -0.3 is 0 Å². The average molecular weight is 985 g/mol. The van der Waals surface area contributed by atoms with Crippen molar-refractivity contribution in [2.24, 2.45) is 5.92 Å². The van der Waals surface area contributed by atoms with E-state index in [1.807, 2.05) is 32.2 Å². The molecular formula is C48H38F18Si. The van der Waals surface area contributed by atoms with Crippen LogP contribution >= 0.6 is 0 Å². The van der Waals surface area contributed by atoms with Gasteiger partial charge in [-0.15, -0.1) is 0 Å². The van der Waals surface area contributed by atoms with Crippen LogP contribution < -0.4 is 5.19 Å². The van der Waals surface area contributed by atoms with Gasteiger partial charge in [0.05, 0.1) is 0 Å². The van der Waals surface area contributed by atoms with Crippen LogP contribution in [0.25, 0.3) is 33.5 Å². The Morgan fingerprint density at radius 3 is 1.45 bits per heavy atom. The summed E-state index contributed by atoms with van der Waals surface area (Å²) < 4.78 is 254. The molecule has 1 atom stereocenters. The summed E-state index contributed by atoms with van der Waals surface area (Å²) in [4.78, 5) is 0. The summed E-state index contributed by atoms with van der Waals surface area (Å²) in [5.74, 6) is -0.671.